The maximum Gasteiger partial charge on any atom is 0.255 e. The van der Waals surface area contributed by atoms with Gasteiger partial charge < -0.3 is 20.9 Å². The molecule has 0 heterocycles. The van der Waals surface area contributed by atoms with Crippen LogP contribution in [0.3, 0.4) is 0 Å². The number of benzene rings is 1. The van der Waals surface area contributed by atoms with E-state index < -0.39 is 6.10 Å². The normalized spacial score (nSPS) is 12.2. The van der Waals surface area contributed by atoms with Gasteiger partial charge in [0.25, 0.3) is 5.91 Å². The van der Waals surface area contributed by atoms with Gasteiger partial charge >= 0.3 is 0 Å². The number of para-hydroxylation sites is 1. The van der Waals surface area contributed by atoms with Crippen molar-refractivity contribution in [2.24, 2.45) is 5.92 Å². The van der Waals surface area contributed by atoms with E-state index in [2.05, 4.69) is 5.32 Å². The zero-order valence-electron chi connectivity index (χ0n) is 12.3. The molecule has 20 heavy (non-hydrogen) atoms. The van der Waals surface area contributed by atoms with Crippen molar-refractivity contribution in [2.45, 2.75) is 32.8 Å². The Morgan fingerprint density at radius 3 is 2.60 bits per heavy atom. The highest BCUT2D eigenvalue weighted by Crippen LogP contribution is 2.25. The summed E-state index contributed by atoms with van der Waals surface area (Å²) in [5, 5.41) is 12.7. The van der Waals surface area contributed by atoms with Gasteiger partial charge in [-0.05, 0) is 18.1 Å². The van der Waals surface area contributed by atoms with Crippen LogP contribution in [0.25, 0.3) is 0 Å². The maximum absolute atomic E-state index is 12.1. The highest BCUT2D eigenvalue weighted by atomic mass is 16.5. The number of carbonyl (C=O) groups excluding carboxylic acids is 1. The fraction of sp³-hybridized carbons (Fsp3) is 0.533. The van der Waals surface area contributed by atoms with Gasteiger partial charge in [-0.25, -0.2) is 0 Å². The summed E-state index contributed by atoms with van der Waals surface area (Å²) in [5.74, 6) is 0.263. The zero-order chi connectivity index (χ0) is 15.1. The van der Waals surface area contributed by atoms with E-state index in [1.54, 1.807) is 18.2 Å². The van der Waals surface area contributed by atoms with Crippen LogP contribution < -0.4 is 15.8 Å². The minimum atomic E-state index is -0.541. The highest BCUT2D eigenvalue weighted by Gasteiger charge is 2.18. The van der Waals surface area contributed by atoms with Crippen molar-refractivity contribution in [2.75, 3.05) is 19.4 Å². The molecular weight excluding hydrogens is 256 g/mol. The summed E-state index contributed by atoms with van der Waals surface area (Å²) in [6, 6.07) is 5.02. The van der Waals surface area contributed by atoms with Gasteiger partial charge in [0, 0.05) is 6.54 Å². The van der Waals surface area contributed by atoms with Gasteiger partial charge in [0.2, 0.25) is 0 Å². The van der Waals surface area contributed by atoms with Gasteiger partial charge in [-0.1, -0.05) is 32.8 Å². The molecular formula is C15H24N2O3. The first-order chi connectivity index (χ1) is 9.54. The number of ether oxygens (including phenoxy) is 1. The molecule has 1 unspecified atom stereocenters. The van der Waals surface area contributed by atoms with Crippen molar-refractivity contribution in [3.05, 3.63) is 23.8 Å². The first kappa shape index (κ1) is 16.3. The van der Waals surface area contributed by atoms with E-state index >= 15 is 0 Å². The summed E-state index contributed by atoms with van der Waals surface area (Å²) in [5.41, 5.74) is 6.56. The number of nitrogens with one attached hydrogen (secondary N) is 1. The monoisotopic (exact) mass is 280 g/mol. The van der Waals surface area contributed by atoms with E-state index in [9.17, 15) is 9.90 Å². The molecule has 0 aromatic heterocycles. The fourth-order valence-corrected chi connectivity index (χ4v) is 2.25. The first-order valence-electron chi connectivity index (χ1n) is 6.93. The van der Waals surface area contributed by atoms with Gasteiger partial charge in [0.1, 0.15) is 0 Å². The minimum Gasteiger partial charge on any atom is -0.494 e. The van der Waals surface area contributed by atoms with Crippen molar-refractivity contribution in [3.63, 3.8) is 0 Å². The number of nitrogen functional groups attached to an aromatic ring is 1. The van der Waals surface area contributed by atoms with Crippen LogP contribution in [0.1, 0.15) is 37.0 Å². The summed E-state index contributed by atoms with van der Waals surface area (Å²) >= 11 is 0. The second-order valence-electron chi connectivity index (χ2n) is 4.78. The van der Waals surface area contributed by atoms with E-state index in [4.69, 9.17) is 10.5 Å². The average molecular weight is 280 g/mol. The third kappa shape index (κ3) is 3.87. The molecule has 0 aliphatic heterocycles. The number of hydrogen-bond donors (Lipinski definition) is 3. The number of nitrogens with two attached hydrogens (primary N) is 1. The average Bonchev–Trinajstić information content (AvgIpc) is 2.45. The summed E-state index contributed by atoms with van der Waals surface area (Å²) in [4.78, 5) is 12.1. The van der Waals surface area contributed by atoms with Crippen molar-refractivity contribution in [1.82, 2.24) is 5.32 Å². The Morgan fingerprint density at radius 2 is 2.05 bits per heavy atom. The molecule has 1 aromatic rings. The van der Waals surface area contributed by atoms with E-state index in [1.165, 1.54) is 7.11 Å². The number of methoxy groups -OCH3 is 1. The highest BCUT2D eigenvalue weighted by molar-refractivity contribution is 5.98. The first-order valence-corrected chi connectivity index (χ1v) is 6.93. The van der Waals surface area contributed by atoms with Crippen LogP contribution >= 0.6 is 0 Å². The van der Waals surface area contributed by atoms with E-state index in [0.717, 1.165) is 12.8 Å². The fourth-order valence-electron chi connectivity index (χ4n) is 2.25. The Hall–Kier alpha value is -1.75. The predicted octanol–water partition coefficient (Wildman–Crippen LogP) is 1.80. The third-order valence-corrected chi connectivity index (χ3v) is 3.56. The second kappa shape index (κ2) is 7.75. The quantitative estimate of drug-likeness (QED) is 0.665. The van der Waals surface area contributed by atoms with Gasteiger partial charge in [-0.3, -0.25) is 4.79 Å². The molecule has 0 aliphatic carbocycles. The van der Waals surface area contributed by atoms with Crippen LogP contribution in [0.5, 0.6) is 5.75 Å². The van der Waals surface area contributed by atoms with Gasteiger partial charge in [-0.15, -0.1) is 0 Å². The summed E-state index contributed by atoms with van der Waals surface area (Å²) in [7, 11) is 1.47. The van der Waals surface area contributed by atoms with Crippen molar-refractivity contribution < 1.29 is 14.6 Å². The number of hydrogen-bond acceptors (Lipinski definition) is 4. The maximum atomic E-state index is 12.1. The molecule has 1 atom stereocenters. The number of anilines is 1. The number of amides is 1. The molecule has 4 N–H and O–H groups in total. The largest absolute Gasteiger partial charge is 0.494 e. The lowest BCUT2D eigenvalue weighted by Gasteiger charge is -2.20. The van der Waals surface area contributed by atoms with Crippen LogP contribution in [0, 0.1) is 5.92 Å². The minimum absolute atomic E-state index is 0.193. The number of aliphatic hydroxyl groups is 1. The van der Waals surface area contributed by atoms with E-state index in [0.29, 0.717) is 17.0 Å². The topological polar surface area (TPSA) is 84.6 Å². The molecule has 0 saturated heterocycles. The number of rotatable bonds is 7. The molecule has 0 saturated carbocycles. The Labute approximate surface area is 120 Å². The SMILES string of the molecule is CCC(CC)C(O)CNC(=O)c1cccc(N)c1OC. The zero-order valence-corrected chi connectivity index (χ0v) is 12.3. The van der Waals surface area contributed by atoms with Crippen LogP contribution in [0.2, 0.25) is 0 Å². The lowest BCUT2D eigenvalue weighted by Crippen LogP contribution is -2.36. The van der Waals surface area contributed by atoms with Crippen LogP contribution in [-0.4, -0.2) is 30.8 Å². The Bertz CT molecular complexity index is 445. The summed E-state index contributed by atoms with van der Waals surface area (Å²) in [6.07, 6.45) is 1.23. The smallest absolute Gasteiger partial charge is 0.255 e. The molecule has 0 spiro atoms. The molecule has 0 radical (unpaired) electrons. The molecule has 0 bridgehead atoms. The summed E-state index contributed by atoms with van der Waals surface area (Å²) < 4.78 is 5.15. The standard InChI is InChI=1S/C15H24N2O3/c1-4-10(5-2)13(18)9-17-15(19)11-7-6-8-12(16)14(11)20-3/h6-8,10,13,18H,4-5,9,16H2,1-3H3,(H,17,19). The molecule has 1 aromatic carbocycles. The number of carbonyl (C=O) groups is 1. The molecule has 0 aliphatic rings. The lowest BCUT2D eigenvalue weighted by molar-refractivity contribution is 0.0814. The van der Waals surface area contributed by atoms with Crippen LogP contribution in [-0.2, 0) is 0 Å². The number of aliphatic hydroxyl groups excluding tert-OH is 1. The van der Waals surface area contributed by atoms with E-state index in [-0.39, 0.29) is 18.4 Å². The molecule has 1 amide bonds. The van der Waals surface area contributed by atoms with Crippen molar-refractivity contribution in [1.29, 1.82) is 0 Å². The summed E-state index contributed by atoms with van der Waals surface area (Å²) in [6.45, 7) is 4.28. The molecule has 0 fully saturated rings. The van der Waals surface area contributed by atoms with Gasteiger partial charge in [0.15, 0.2) is 5.75 Å². The molecule has 112 valence electrons. The molecule has 5 heteroatoms. The molecule has 1 rings (SSSR count). The Balaban J connectivity index is 2.70. The van der Waals surface area contributed by atoms with E-state index in [1.807, 2.05) is 13.8 Å². The van der Waals surface area contributed by atoms with Crippen molar-refractivity contribution >= 4 is 11.6 Å². The molecule has 5 nitrogen and oxygen atoms in total. The predicted molar refractivity (Wildman–Crippen MR) is 79.8 cm³/mol. The van der Waals surface area contributed by atoms with Crippen molar-refractivity contribution in [3.8, 4) is 5.75 Å². The Kier molecular flexibility index (Phi) is 6.31. The third-order valence-electron chi connectivity index (χ3n) is 3.56. The van der Waals surface area contributed by atoms with Crippen LogP contribution in [0.4, 0.5) is 5.69 Å². The van der Waals surface area contributed by atoms with Gasteiger partial charge in [-0.2, -0.15) is 0 Å². The van der Waals surface area contributed by atoms with Crippen LogP contribution in [0.15, 0.2) is 18.2 Å². The Morgan fingerprint density at radius 1 is 1.40 bits per heavy atom. The second-order valence-corrected chi connectivity index (χ2v) is 4.78. The van der Waals surface area contributed by atoms with Gasteiger partial charge in [0.05, 0.1) is 24.5 Å². The lowest BCUT2D eigenvalue weighted by atomic mass is 9.96.